The standard InChI is InChI=1S/C18H22ClN5O3/c1-2-14-9-23(22-21-14)11-17(26)24-10-15(25)7-16(24)18(27)20-8-12-3-5-13(19)6-4-12/h3-6,9,15-16,25H,2,7-8,10-11H2,1H3,(H,20,27)/t15-,16+/m1/s1. The number of β-amino-alcohol motifs (C(OH)–C–C–N with tert-alkyl or cyclic N) is 1. The van der Waals surface area contributed by atoms with Crippen molar-refractivity contribution in [3.8, 4) is 0 Å². The van der Waals surface area contributed by atoms with Gasteiger partial charge in [-0.25, -0.2) is 4.68 Å². The fourth-order valence-corrected chi connectivity index (χ4v) is 3.18. The number of amides is 2. The van der Waals surface area contributed by atoms with Crippen molar-refractivity contribution in [2.75, 3.05) is 6.54 Å². The second kappa shape index (κ2) is 8.49. The molecule has 144 valence electrons. The van der Waals surface area contributed by atoms with Crippen LogP contribution in [0.3, 0.4) is 0 Å². The number of halogens is 1. The highest BCUT2D eigenvalue weighted by atomic mass is 35.5. The lowest BCUT2D eigenvalue weighted by atomic mass is 10.1. The number of aliphatic hydroxyl groups is 1. The van der Waals surface area contributed by atoms with Crippen LogP contribution in [0.5, 0.6) is 0 Å². The summed E-state index contributed by atoms with van der Waals surface area (Å²) in [5, 5.41) is 21.3. The quantitative estimate of drug-likeness (QED) is 0.757. The maximum Gasteiger partial charge on any atom is 0.245 e. The lowest BCUT2D eigenvalue weighted by Gasteiger charge is -2.23. The van der Waals surface area contributed by atoms with E-state index >= 15 is 0 Å². The number of aryl methyl sites for hydroxylation is 1. The molecule has 0 unspecified atom stereocenters. The van der Waals surface area contributed by atoms with E-state index in [2.05, 4.69) is 15.6 Å². The second-order valence-corrected chi connectivity index (χ2v) is 6.99. The monoisotopic (exact) mass is 391 g/mol. The van der Waals surface area contributed by atoms with Crippen LogP contribution < -0.4 is 5.32 Å². The number of hydrogen-bond acceptors (Lipinski definition) is 5. The van der Waals surface area contributed by atoms with E-state index in [1.807, 2.05) is 19.1 Å². The van der Waals surface area contributed by atoms with Crippen LogP contribution in [0.4, 0.5) is 0 Å². The zero-order valence-corrected chi connectivity index (χ0v) is 15.8. The molecule has 0 bridgehead atoms. The fraction of sp³-hybridized carbons (Fsp3) is 0.444. The summed E-state index contributed by atoms with van der Waals surface area (Å²) in [6.07, 6.45) is 1.93. The molecule has 8 nitrogen and oxygen atoms in total. The molecule has 0 saturated carbocycles. The molecular formula is C18H22ClN5O3. The van der Waals surface area contributed by atoms with Gasteiger partial charge in [-0.3, -0.25) is 9.59 Å². The highest BCUT2D eigenvalue weighted by Gasteiger charge is 2.38. The smallest absolute Gasteiger partial charge is 0.245 e. The molecule has 1 aromatic heterocycles. The number of carbonyl (C=O) groups is 2. The van der Waals surface area contributed by atoms with Crippen molar-refractivity contribution >= 4 is 23.4 Å². The molecule has 0 aliphatic carbocycles. The van der Waals surface area contributed by atoms with Crippen molar-refractivity contribution in [1.82, 2.24) is 25.2 Å². The number of aliphatic hydroxyl groups excluding tert-OH is 1. The molecule has 0 radical (unpaired) electrons. The summed E-state index contributed by atoms with van der Waals surface area (Å²) >= 11 is 5.85. The van der Waals surface area contributed by atoms with Gasteiger partial charge in [-0.15, -0.1) is 5.10 Å². The van der Waals surface area contributed by atoms with Crippen LogP contribution in [0.1, 0.15) is 24.6 Å². The Morgan fingerprint density at radius 3 is 2.74 bits per heavy atom. The first-order valence-corrected chi connectivity index (χ1v) is 9.22. The first-order chi connectivity index (χ1) is 13.0. The van der Waals surface area contributed by atoms with Gasteiger partial charge in [0.15, 0.2) is 0 Å². The lowest BCUT2D eigenvalue weighted by molar-refractivity contribution is -0.139. The predicted molar refractivity (Wildman–Crippen MR) is 98.8 cm³/mol. The lowest BCUT2D eigenvalue weighted by Crippen LogP contribution is -2.46. The van der Waals surface area contributed by atoms with Crippen LogP contribution in [0, 0.1) is 0 Å². The third-order valence-electron chi connectivity index (χ3n) is 4.53. The summed E-state index contributed by atoms with van der Waals surface area (Å²) in [6, 6.07) is 6.45. The Labute approximate surface area is 162 Å². The van der Waals surface area contributed by atoms with Crippen LogP contribution in [-0.2, 0) is 29.1 Å². The minimum absolute atomic E-state index is 0.0132. The SMILES string of the molecule is CCc1cn(CC(=O)N2C[C@H](O)C[C@H]2C(=O)NCc2ccc(Cl)cc2)nn1. The van der Waals surface area contributed by atoms with Crippen molar-refractivity contribution in [3.63, 3.8) is 0 Å². The Morgan fingerprint density at radius 2 is 2.07 bits per heavy atom. The summed E-state index contributed by atoms with van der Waals surface area (Å²) in [5.74, 6) is -0.562. The molecule has 1 saturated heterocycles. The number of aromatic nitrogens is 3. The molecule has 2 heterocycles. The Bertz CT molecular complexity index is 808. The number of likely N-dealkylation sites (tertiary alicyclic amines) is 1. The Morgan fingerprint density at radius 1 is 1.33 bits per heavy atom. The van der Waals surface area contributed by atoms with Gasteiger partial charge >= 0.3 is 0 Å². The van der Waals surface area contributed by atoms with Crippen LogP contribution in [0.2, 0.25) is 5.02 Å². The molecule has 9 heteroatoms. The van der Waals surface area contributed by atoms with E-state index in [4.69, 9.17) is 11.6 Å². The molecular weight excluding hydrogens is 370 g/mol. The van der Waals surface area contributed by atoms with E-state index in [1.165, 1.54) is 9.58 Å². The molecule has 2 aromatic rings. The largest absolute Gasteiger partial charge is 0.391 e. The molecule has 2 N–H and O–H groups in total. The van der Waals surface area contributed by atoms with E-state index in [9.17, 15) is 14.7 Å². The maximum absolute atomic E-state index is 12.6. The second-order valence-electron chi connectivity index (χ2n) is 6.56. The van der Waals surface area contributed by atoms with Gasteiger partial charge in [0.05, 0.1) is 11.8 Å². The molecule has 2 amide bonds. The molecule has 1 aliphatic rings. The topological polar surface area (TPSA) is 100 Å². The molecule has 1 aromatic carbocycles. The number of benzene rings is 1. The van der Waals surface area contributed by atoms with Gasteiger partial charge in [0.2, 0.25) is 11.8 Å². The Balaban J connectivity index is 1.61. The predicted octanol–water partition coefficient (Wildman–Crippen LogP) is 0.772. The molecule has 1 fully saturated rings. The van der Waals surface area contributed by atoms with E-state index < -0.39 is 12.1 Å². The van der Waals surface area contributed by atoms with Gasteiger partial charge in [0, 0.05) is 30.7 Å². The summed E-state index contributed by atoms with van der Waals surface area (Å²) in [4.78, 5) is 26.6. The van der Waals surface area contributed by atoms with Gasteiger partial charge in [-0.1, -0.05) is 35.9 Å². The fourth-order valence-electron chi connectivity index (χ4n) is 3.05. The van der Waals surface area contributed by atoms with Gasteiger partial charge in [-0.2, -0.15) is 0 Å². The highest BCUT2D eigenvalue weighted by Crippen LogP contribution is 2.19. The number of nitrogens with one attached hydrogen (secondary N) is 1. The van der Waals surface area contributed by atoms with Gasteiger partial charge < -0.3 is 15.3 Å². The summed E-state index contributed by atoms with van der Waals surface area (Å²) in [7, 11) is 0. The molecule has 3 rings (SSSR count). The average molecular weight is 392 g/mol. The maximum atomic E-state index is 12.6. The molecule has 0 spiro atoms. The number of nitrogens with zero attached hydrogens (tertiary/aromatic N) is 4. The summed E-state index contributed by atoms with van der Waals surface area (Å²) in [5.41, 5.74) is 1.69. The number of hydrogen-bond donors (Lipinski definition) is 2. The van der Waals surface area contributed by atoms with Crippen molar-refractivity contribution in [3.05, 3.63) is 46.7 Å². The van der Waals surface area contributed by atoms with E-state index in [0.29, 0.717) is 11.6 Å². The van der Waals surface area contributed by atoms with Gasteiger partial charge in [0.25, 0.3) is 0 Å². The summed E-state index contributed by atoms with van der Waals surface area (Å²) in [6.45, 7) is 2.40. The van der Waals surface area contributed by atoms with Gasteiger partial charge in [-0.05, 0) is 24.1 Å². The minimum atomic E-state index is -0.720. The van der Waals surface area contributed by atoms with Crippen LogP contribution in [0.15, 0.2) is 30.5 Å². The van der Waals surface area contributed by atoms with E-state index in [0.717, 1.165) is 17.7 Å². The minimum Gasteiger partial charge on any atom is -0.391 e. The van der Waals surface area contributed by atoms with Crippen LogP contribution in [-0.4, -0.2) is 55.5 Å². The third-order valence-corrected chi connectivity index (χ3v) is 4.78. The van der Waals surface area contributed by atoms with Crippen molar-refractivity contribution in [2.45, 2.75) is 45.0 Å². The van der Waals surface area contributed by atoms with Crippen LogP contribution in [0.25, 0.3) is 0 Å². The normalized spacial score (nSPS) is 19.3. The summed E-state index contributed by atoms with van der Waals surface area (Å²) < 4.78 is 1.45. The van der Waals surface area contributed by atoms with Crippen LogP contribution >= 0.6 is 11.6 Å². The first kappa shape index (κ1) is 19.3. The third kappa shape index (κ3) is 4.84. The molecule has 27 heavy (non-hydrogen) atoms. The van der Waals surface area contributed by atoms with Gasteiger partial charge in [0.1, 0.15) is 12.6 Å². The Hall–Kier alpha value is -2.45. The molecule has 1 aliphatic heterocycles. The van der Waals surface area contributed by atoms with Crippen molar-refractivity contribution in [1.29, 1.82) is 0 Å². The first-order valence-electron chi connectivity index (χ1n) is 8.85. The van der Waals surface area contributed by atoms with E-state index in [1.54, 1.807) is 18.3 Å². The average Bonchev–Trinajstić information content (AvgIpc) is 3.27. The highest BCUT2D eigenvalue weighted by molar-refractivity contribution is 6.30. The van der Waals surface area contributed by atoms with E-state index in [-0.39, 0.29) is 31.3 Å². The number of rotatable bonds is 6. The molecule has 2 atom stereocenters. The Kier molecular flexibility index (Phi) is 6.08. The zero-order chi connectivity index (χ0) is 19.4. The van der Waals surface area contributed by atoms with Crippen molar-refractivity contribution in [2.24, 2.45) is 0 Å². The van der Waals surface area contributed by atoms with Crippen molar-refractivity contribution < 1.29 is 14.7 Å². The zero-order valence-electron chi connectivity index (χ0n) is 15.0. The number of carbonyl (C=O) groups excluding carboxylic acids is 2.